The lowest BCUT2D eigenvalue weighted by Gasteiger charge is -2.07. The summed E-state index contributed by atoms with van der Waals surface area (Å²) in [7, 11) is 0. The minimum Gasteiger partial charge on any atom is -0.547 e. The molecule has 0 radical (unpaired) electrons. The molecule has 1 aliphatic heterocycles. The molecule has 0 saturated carbocycles. The number of hydrogen-bond donors (Lipinski definition) is 0. The fourth-order valence-corrected chi connectivity index (χ4v) is 0.764. The Hall–Kier alpha value is -0.570. The van der Waals surface area contributed by atoms with Gasteiger partial charge in [-0.2, -0.15) is 0 Å². The van der Waals surface area contributed by atoms with Gasteiger partial charge in [0.15, 0.2) is 0 Å². The van der Waals surface area contributed by atoms with Crippen LogP contribution in [0.4, 0.5) is 0 Å². The average Bonchev–Trinajstić information content (AvgIpc) is 2.12. The predicted molar refractivity (Wildman–Crippen MR) is 24.0 cm³/mol. The van der Waals surface area contributed by atoms with E-state index in [-0.39, 0.29) is 0 Å². The summed E-state index contributed by atoms with van der Waals surface area (Å²) < 4.78 is 4.75. The van der Waals surface area contributed by atoms with Crippen LogP contribution >= 0.6 is 0 Å². The molecule has 0 spiro atoms. The number of carbonyl (C=O) groups excluding carboxylic acids is 1. The van der Waals surface area contributed by atoms with Crippen LogP contribution in [0.25, 0.3) is 0 Å². The molecule has 0 aromatic carbocycles. The first-order chi connectivity index (χ1) is 3.80. The standard InChI is InChI=1S/C5H8O3/c6-5(7)4-2-1-3-8-4/h4H,1-3H2,(H,6,7)/p-1/t4-/m0/s1. The first-order valence-corrected chi connectivity index (χ1v) is 2.63. The summed E-state index contributed by atoms with van der Waals surface area (Å²) in [5, 5.41) is 9.97. The molecule has 1 saturated heterocycles. The number of ether oxygens (including phenoxy) is 1. The van der Waals surface area contributed by atoms with Crippen molar-refractivity contribution in [3.8, 4) is 0 Å². The molecule has 0 aromatic rings. The number of aliphatic carboxylic acids is 1. The third-order valence-electron chi connectivity index (χ3n) is 1.19. The van der Waals surface area contributed by atoms with Gasteiger partial charge in [0, 0.05) is 6.61 Å². The van der Waals surface area contributed by atoms with Crippen LogP contribution in [0.5, 0.6) is 0 Å². The van der Waals surface area contributed by atoms with Gasteiger partial charge in [-0.05, 0) is 12.8 Å². The van der Waals surface area contributed by atoms with Crippen molar-refractivity contribution in [2.24, 2.45) is 0 Å². The van der Waals surface area contributed by atoms with E-state index in [2.05, 4.69) is 0 Å². The van der Waals surface area contributed by atoms with E-state index in [0.29, 0.717) is 13.0 Å². The van der Waals surface area contributed by atoms with Crippen LogP contribution in [0.15, 0.2) is 0 Å². The van der Waals surface area contributed by atoms with Gasteiger partial charge < -0.3 is 14.6 Å². The van der Waals surface area contributed by atoms with Gasteiger partial charge in [-0.25, -0.2) is 0 Å². The van der Waals surface area contributed by atoms with Crippen molar-refractivity contribution in [2.75, 3.05) is 6.61 Å². The Labute approximate surface area is 47.3 Å². The molecule has 1 heterocycles. The SMILES string of the molecule is O=C([O-])[C@@H]1CCCO1. The maximum atomic E-state index is 9.97. The lowest BCUT2D eigenvalue weighted by Crippen LogP contribution is -2.34. The van der Waals surface area contributed by atoms with E-state index < -0.39 is 12.1 Å². The molecular formula is C5H7O3-. The van der Waals surface area contributed by atoms with Gasteiger partial charge in [-0.15, -0.1) is 0 Å². The van der Waals surface area contributed by atoms with Crippen molar-refractivity contribution < 1.29 is 14.6 Å². The lowest BCUT2D eigenvalue weighted by molar-refractivity contribution is -0.315. The topological polar surface area (TPSA) is 49.4 Å². The summed E-state index contributed by atoms with van der Waals surface area (Å²) in [6.07, 6.45) is 0.830. The normalized spacial score (nSPS) is 28.2. The molecule has 8 heavy (non-hydrogen) atoms. The highest BCUT2D eigenvalue weighted by Crippen LogP contribution is 2.09. The average molecular weight is 115 g/mol. The molecule has 3 heteroatoms. The van der Waals surface area contributed by atoms with Crippen molar-refractivity contribution in [1.82, 2.24) is 0 Å². The van der Waals surface area contributed by atoms with E-state index in [1.807, 2.05) is 0 Å². The van der Waals surface area contributed by atoms with Crippen LogP contribution in [-0.2, 0) is 9.53 Å². The molecule has 1 atom stereocenters. The van der Waals surface area contributed by atoms with Crippen molar-refractivity contribution in [3.05, 3.63) is 0 Å². The van der Waals surface area contributed by atoms with E-state index in [1.165, 1.54) is 0 Å². The van der Waals surface area contributed by atoms with Gasteiger partial charge >= 0.3 is 0 Å². The Morgan fingerprint density at radius 1 is 1.75 bits per heavy atom. The molecule has 0 bridgehead atoms. The minimum atomic E-state index is -1.08. The molecule has 1 rings (SSSR count). The van der Waals surface area contributed by atoms with Crippen LogP contribution in [0.2, 0.25) is 0 Å². The highest BCUT2D eigenvalue weighted by molar-refractivity contribution is 5.70. The van der Waals surface area contributed by atoms with Crippen molar-refractivity contribution in [1.29, 1.82) is 0 Å². The molecule has 0 amide bonds. The van der Waals surface area contributed by atoms with Crippen molar-refractivity contribution in [3.63, 3.8) is 0 Å². The van der Waals surface area contributed by atoms with Crippen LogP contribution in [-0.4, -0.2) is 18.7 Å². The first-order valence-electron chi connectivity index (χ1n) is 2.63. The summed E-state index contributed by atoms with van der Waals surface area (Å²) in [4.78, 5) is 9.97. The zero-order chi connectivity index (χ0) is 5.98. The van der Waals surface area contributed by atoms with Gasteiger partial charge in [-0.1, -0.05) is 0 Å². The fourth-order valence-electron chi connectivity index (χ4n) is 0.764. The quantitative estimate of drug-likeness (QED) is 0.436. The van der Waals surface area contributed by atoms with Gasteiger partial charge in [0.05, 0.1) is 12.1 Å². The Balaban J connectivity index is 2.35. The number of carboxylic acid groups (broad SMARTS) is 1. The molecular weight excluding hydrogens is 108 g/mol. The van der Waals surface area contributed by atoms with Crippen molar-refractivity contribution >= 4 is 5.97 Å². The zero-order valence-corrected chi connectivity index (χ0v) is 4.42. The Kier molecular flexibility index (Phi) is 1.48. The van der Waals surface area contributed by atoms with Crippen molar-refractivity contribution in [2.45, 2.75) is 18.9 Å². The van der Waals surface area contributed by atoms with Gasteiger partial charge in [-0.3, -0.25) is 0 Å². The highest BCUT2D eigenvalue weighted by atomic mass is 16.5. The fraction of sp³-hybridized carbons (Fsp3) is 0.800. The zero-order valence-electron chi connectivity index (χ0n) is 4.42. The van der Waals surface area contributed by atoms with Crippen LogP contribution in [0.3, 0.4) is 0 Å². The van der Waals surface area contributed by atoms with Gasteiger partial charge in [0.2, 0.25) is 0 Å². The maximum Gasteiger partial charge on any atom is 0.0969 e. The van der Waals surface area contributed by atoms with Gasteiger partial charge in [0.1, 0.15) is 0 Å². The molecule has 1 fully saturated rings. The molecule has 0 aromatic heterocycles. The predicted octanol–water partition coefficient (Wildman–Crippen LogP) is -1.08. The number of hydrogen-bond acceptors (Lipinski definition) is 3. The summed E-state index contributed by atoms with van der Waals surface area (Å²) in [6, 6.07) is 0. The summed E-state index contributed by atoms with van der Waals surface area (Å²) in [5.74, 6) is -1.08. The molecule has 3 nitrogen and oxygen atoms in total. The van der Waals surface area contributed by atoms with E-state index in [0.717, 1.165) is 6.42 Å². The minimum absolute atomic E-state index is 0.568. The summed E-state index contributed by atoms with van der Waals surface area (Å²) in [5.41, 5.74) is 0. The largest absolute Gasteiger partial charge is 0.547 e. The monoisotopic (exact) mass is 115 g/mol. The Morgan fingerprint density at radius 3 is 2.75 bits per heavy atom. The molecule has 0 unspecified atom stereocenters. The van der Waals surface area contributed by atoms with Crippen LogP contribution in [0, 0.1) is 0 Å². The molecule has 1 aliphatic rings. The van der Waals surface area contributed by atoms with E-state index in [9.17, 15) is 9.90 Å². The highest BCUT2D eigenvalue weighted by Gasteiger charge is 2.15. The third kappa shape index (κ3) is 0.980. The second-order valence-corrected chi connectivity index (χ2v) is 1.82. The Bertz CT molecular complexity index is 93.8. The first kappa shape index (κ1) is 5.56. The summed E-state index contributed by atoms with van der Waals surface area (Å²) in [6.45, 7) is 0.568. The molecule has 0 aliphatic carbocycles. The Morgan fingerprint density at radius 2 is 2.50 bits per heavy atom. The summed E-state index contributed by atoms with van der Waals surface area (Å²) >= 11 is 0. The smallest absolute Gasteiger partial charge is 0.0969 e. The number of rotatable bonds is 1. The third-order valence-corrected chi connectivity index (χ3v) is 1.19. The second-order valence-electron chi connectivity index (χ2n) is 1.82. The van der Waals surface area contributed by atoms with E-state index >= 15 is 0 Å². The van der Waals surface area contributed by atoms with Gasteiger partial charge in [0.25, 0.3) is 0 Å². The molecule has 46 valence electrons. The molecule has 0 N–H and O–H groups in total. The number of carboxylic acids is 1. The number of carbonyl (C=O) groups is 1. The van der Waals surface area contributed by atoms with E-state index in [4.69, 9.17) is 4.74 Å². The van der Waals surface area contributed by atoms with Crippen LogP contribution < -0.4 is 5.11 Å². The lowest BCUT2D eigenvalue weighted by atomic mass is 10.2. The second kappa shape index (κ2) is 2.13. The maximum absolute atomic E-state index is 9.97. The van der Waals surface area contributed by atoms with Crippen LogP contribution in [0.1, 0.15) is 12.8 Å². The van der Waals surface area contributed by atoms with E-state index in [1.54, 1.807) is 0 Å².